The van der Waals surface area contributed by atoms with Crippen molar-refractivity contribution in [3.63, 3.8) is 0 Å². The first-order chi connectivity index (χ1) is 9.98. The molecule has 3 nitrogen and oxygen atoms in total. The van der Waals surface area contributed by atoms with Crippen LogP contribution in [0.1, 0.15) is 51.4 Å². The van der Waals surface area contributed by atoms with Crippen LogP contribution in [0.15, 0.2) is 0 Å². The Balaban J connectivity index is 1.47. The van der Waals surface area contributed by atoms with E-state index in [1.54, 1.807) is 0 Å². The average Bonchev–Trinajstić information content (AvgIpc) is 2.79. The molecule has 120 valence electrons. The maximum absolute atomic E-state index is 13.2. The number of hydrogen-bond donors (Lipinski definition) is 0. The van der Waals surface area contributed by atoms with E-state index in [2.05, 4.69) is 0 Å². The average molecular weight is 301 g/mol. The van der Waals surface area contributed by atoms with E-state index in [0.717, 1.165) is 52.0 Å². The van der Waals surface area contributed by atoms with E-state index in [1.165, 1.54) is 0 Å². The monoisotopic (exact) mass is 301 g/mol. The molecular formula is C16H25F2NO2. The number of rotatable bonds is 2. The van der Waals surface area contributed by atoms with Crippen molar-refractivity contribution in [3.8, 4) is 0 Å². The van der Waals surface area contributed by atoms with Gasteiger partial charge in [-0.1, -0.05) is 0 Å². The normalized spacial score (nSPS) is 31.5. The molecule has 0 N–H and O–H groups in total. The van der Waals surface area contributed by atoms with E-state index in [1.807, 2.05) is 4.90 Å². The van der Waals surface area contributed by atoms with Crippen molar-refractivity contribution < 1.29 is 18.3 Å². The zero-order valence-electron chi connectivity index (χ0n) is 12.6. The number of carbonyl (C=O) groups is 1. The molecule has 2 heterocycles. The van der Waals surface area contributed by atoms with Gasteiger partial charge < -0.3 is 9.64 Å². The Bertz CT molecular complexity index is 384. The summed E-state index contributed by atoms with van der Waals surface area (Å²) >= 11 is 0. The third-order valence-corrected chi connectivity index (χ3v) is 5.70. The number of carbonyl (C=O) groups excluding carboxylic acids is 1. The molecule has 1 saturated carbocycles. The van der Waals surface area contributed by atoms with Crippen molar-refractivity contribution in [1.82, 2.24) is 4.90 Å². The number of hydrogen-bond acceptors (Lipinski definition) is 2. The molecule has 21 heavy (non-hydrogen) atoms. The molecule has 3 fully saturated rings. The first-order valence-corrected chi connectivity index (χ1v) is 8.22. The summed E-state index contributed by atoms with van der Waals surface area (Å²) in [5, 5.41) is 0. The molecular weight excluding hydrogens is 276 g/mol. The second kappa shape index (κ2) is 5.82. The smallest absolute Gasteiger partial charge is 0.248 e. The molecule has 2 aliphatic heterocycles. The summed E-state index contributed by atoms with van der Waals surface area (Å²) in [6, 6.07) is 0. The topological polar surface area (TPSA) is 29.5 Å². The second-order valence-corrected chi connectivity index (χ2v) is 7.16. The van der Waals surface area contributed by atoms with Crippen molar-refractivity contribution in [1.29, 1.82) is 0 Å². The van der Waals surface area contributed by atoms with Gasteiger partial charge in [0, 0.05) is 45.6 Å². The summed E-state index contributed by atoms with van der Waals surface area (Å²) in [5.41, 5.74) is 0.370. The molecule has 1 aliphatic carbocycles. The van der Waals surface area contributed by atoms with Gasteiger partial charge >= 0.3 is 0 Å². The fourth-order valence-corrected chi connectivity index (χ4v) is 4.13. The summed E-state index contributed by atoms with van der Waals surface area (Å²) in [4.78, 5) is 14.2. The number of ether oxygens (including phenoxy) is 1. The molecule has 0 aromatic carbocycles. The van der Waals surface area contributed by atoms with Gasteiger partial charge in [0.15, 0.2) is 0 Å². The van der Waals surface area contributed by atoms with Crippen LogP contribution in [0.4, 0.5) is 8.78 Å². The van der Waals surface area contributed by atoms with Crippen molar-refractivity contribution in [2.24, 2.45) is 11.3 Å². The maximum atomic E-state index is 13.2. The molecule has 3 rings (SSSR count). The van der Waals surface area contributed by atoms with Gasteiger partial charge in [-0.25, -0.2) is 8.78 Å². The van der Waals surface area contributed by atoms with Gasteiger partial charge in [-0.05, 0) is 43.4 Å². The Morgan fingerprint density at radius 2 is 1.76 bits per heavy atom. The summed E-state index contributed by atoms with van der Waals surface area (Å²) in [6.07, 6.45) is 4.95. The molecule has 1 spiro atoms. The lowest BCUT2D eigenvalue weighted by molar-refractivity contribution is -0.135. The number of halogens is 2. The first kappa shape index (κ1) is 15.2. The van der Waals surface area contributed by atoms with Crippen LogP contribution in [0.3, 0.4) is 0 Å². The molecule has 2 saturated heterocycles. The predicted octanol–water partition coefficient (Wildman–Crippen LogP) is 3.23. The van der Waals surface area contributed by atoms with E-state index in [-0.39, 0.29) is 24.7 Å². The molecule has 0 radical (unpaired) electrons. The summed E-state index contributed by atoms with van der Waals surface area (Å²) < 4.78 is 31.8. The van der Waals surface area contributed by atoms with E-state index < -0.39 is 5.92 Å². The number of alkyl halides is 2. The summed E-state index contributed by atoms with van der Waals surface area (Å²) in [7, 11) is 0. The van der Waals surface area contributed by atoms with Gasteiger partial charge in [0.1, 0.15) is 0 Å². The van der Waals surface area contributed by atoms with Crippen LogP contribution in [-0.2, 0) is 9.53 Å². The number of amides is 1. The van der Waals surface area contributed by atoms with Crippen molar-refractivity contribution in [3.05, 3.63) is 0 Å². The Hall–Kier alpha value is -0.710. The lowest BCUT2D eigenvalue weighted by atomic mass is 9.72. The lowest BCUT2D eigenvalue weighted by Gasteiger charge is -2.44. The third-order valence-electron chi connectivity index (χ3n) is 5.70. The lowest BCUT2D eigenvalue weighted by Crippen LogP contribution is -2.45. The maximum Gasteiger partial charge on any atom is 0.248 e. The number of nitrogens with zero attached hydrogens (tertiary/aromatic N) is 1. The molecule has 3 aliphatic rings. The number of piperidine rings is 1. The Labute approximate surface area is 125 Å². The third kappa shape index (κ3) is 3.55. The van der Waals surface area contributed by atoms with Gasteiger partial charge in [-0.15, -0.1) is 0 Å². The minimum Gasteiger partial charge on any atom is -0.381 e. The van der Waals surface area contributed by atoms with Gasteiger partial charge in [0.2, 0.25) is 11.8 Å². The van der Waals surface area contributed by atoms with E-state index in [9.17, 15) is 13.6 Å². The largest absolute Gasteiger partial charge is 0.381 e. The van der Waals surface area contributed by atoms with Gasteiger partial charge in [-0.3, -0.25) is 4.79 Å². The highest BCUT2D eigenvalue weighted by Crippen LogP contribution is 2.42. The molecule has 0 bridgehead atoms. The number of likely N-dealkylation sites (tertiary alicyclic amines) is 1. The first-order valence-electron chi connectivity index (χ1n) is 8.22. The summed E-state index contributed by atoms with van der Waals surface area (Å²) in [5.74, 6) is -2.58. The Kier molecular flexibility index (Phi) is 4.21. The zero-order chi connectivity index (χ0) is 14.9. The van der Waals surface area contributed by atoms with Crippen LogP contribution in [-0.4, -0.2) is 43.0 Å². The van der Waals surface area contributed by atoms with Crippen molar-refractivity contribution >= 4 is 5.91 Å². The molecule has 1 unspecified atom stereocenters. The van der Waals surface area contributed by atoms with Crippen LogP contribution in [0.25, 0.3) is 0 Å². The van der Waals surface area contributed by atoms with Crippen LogP contribution in [0, 0.1) is 11.3 Å². The van der Waals surface area contributed by atoms with E-state index >= 15 is 0 Å². The van der Waals surface area contributed by atoms with Gasteiger partial charge in [-0.2, -0.15) is 0 Å². The van der Waals surface area contributed by atoms with Crippen LogP contribution in [0.2, 0.25) is 0 Å². The van der Waals surface area contributed by atoms with E-state index in [4.69, 9.17) is 4.74 Å². The highest BCUT2D eigenvalue weighted by atomic mass is 19.3. The highest BCUT2D eigenvalue weighted by molar-refractivity contribution is 5.76. The quantitative estimate of drug-likeness (QED) is 0.783. The fraction of sp³-hybridized carbons (Fsp3) is 0.938. The second-order valence-electron chi connectivity index (χ2n) is 7.16. The van der Waals surface area contributed by atoms with Crippen LogP contribution in [0.5, 0.6) is 0 Å². The molecule has 0 aromatic heterocycles. The minimum atomic E-state index is -2.54. The molecule has 1 atom stereocenters. The van der Waals surface area contributed by atoms with Crippen LogP contribution >= 0.6 is 0 Å². The standard InChI is InChI=1S/C16H25F2NO2/c17-16(18)2-1-13(12-16)11-14(20)19-7-3-15(4-8-19)5-9-21-10-6-15/h13H,1-12H2. The Morgan fingerprint density at radius 3 is 2.33 bits per heavy atom. The molecule has 0 aromatic rings. The molecule has 5 heteroatoms. The van der Waals surface area contributed by atoms with Gasteiger partial charge in [0.05, 0.1) is 0 Å². The summed E-state index contributed by atoms with van der Waals surface area (Å²) in [6.45, 7) is 3.26. The van der Waals surface area contributed by atoms with E-state index in [0.29, 0.717) is 18.3 Å². The minimum absolute atomic E-state index is 0.0476. The zero-order valence-corrected chi connectivity index (χ0v) is 12.6. The molecule has 1 amide bonds. The Morgan fingerprint density at radius 1 is 1.10 bits per heavy atom. The fourth-order valence-electron chi connectivity index (χ4n) is 4.13. The van der Waals surface area contributed by atoms with Crippen molar-refractivity contribution in [2.45, 2.75) is 57.3 Å². The van der Waals surface area contributed by atoms with Gasteiger partial charge in [0.25, 0.3) is 0 Å². The predicted molar refractivity (Wildman–Crippen MR) is 75.2 cm³/mol. The van der Waals surface area contributed by atoms with Crippen LogP contribution < -0.4 is 0 Å². The SMILES string of the molecule is O=C(CC1CCC(F)(F)C1)N1CCC2(CCOCC2)CC1. The highest BCUT2D eigenvalue weighted by Gasteiger charge is 2.41. The van der Waals surface area contributed by atoms with Crippen molar-refractivity contribution in [2.75, 3.05) is 26.3 Å².